The Kier molecular flexibility index (Phi) is 2.83. The molecule has 1 heterocycles. The first-order valence-corrected chi connectivity index (χ1v) is 5.96. The summed E-state index contributed by atoms with van der Waals surface area (Å²) < 4.78 is 10.7. The van der Waals surface area contributed by atoms with E-state index in [0.29, 0.717) is 23.4 Å². The smallest absolute Gasteiger partial charge is 0.199 e. The van der Waals surface area contributed by atoms with Gasteiger partial charge in [0.1, 0.15) is 17.0 Å². The molecule has 4 nitrogen and oxygen atoms in total. The van der Waals surface area contributed by atoms with Crippen molar-refractivity contribution in [3.63, 3.8) is 0 Å². The Hall–Kier alpha value is -2.49. The fourth-order valence-electron chi connectivity index (χ4n) is 1.96. The first kappa shape index (κ1) is 11.6. The number of rotatable bonds is 3. The molecule has 0 atom stereocenters. The first-order chi connectivity index (χ1) is 9.24. The summed E-state index contributed by atoms with van der Waals surface area (Å²) in [6, 6.07) is 12.7. The van der Waals surface area contributed by atoms with Gasteiger partial charge < -0.3 is 14.3 Å². The number of oxazole rings is 1. The van der Waals surface area contributed by atoms with E-state index in [1.165, 1.54) is 0 Å². The summed E-state index contributed by atoms with van der Waals surface area (Å²) in [5, 5.41) is 9.39. The van der Waals surface area contributed by atoms with Gasteiger partial charge >= 0.3 is 0 Å². The molecule has 0 aliphatic heterocycles. The number of ether oxygens (including phenoxy) is 1. The van der Waals surface area contributed by atoms with Gasteiger partial charge in [-0.2, -0.15) is 0 Å². The molecule has 1 aromatic heterocycles. The van der Waals surface area contributed by atoms with Crippen LogP contribution in [-0.2, 0) is 6.42 Å². The maximum atomic E-state index is 9.39. The molecule has 0 saturated carbocycles. The molecule has 0 aliphatic rings. The van der Waals surface area contributed by atoms with Crippen molar-refractivity contribution in [2.75, 3.05) is 7.11 Å². The average molecular weight is 255 g/mol. The molecule has 0 amide bonds. The molecule has 0 fully saturated rings. The van der Waals surface area contributed by atoms with Crippen LogP contribution in [0.4, 0.5) is 0 Å². The van der Waals surface area contributed by atoms with Crippen molar-refractivity contribution < 1.29 is 14.3 Å². The predicted molar refractivity (Wildman–Crippen MR) is 71.5 cm³/mol. The minimum atomic E-state index is 0.191. The molecule has 4 heteroatoms. The zero-order valence-corrected chi connectivity index (χ0v) is 10.5. The van der Waals surface area contributed by atoms with Crippen LogP contribution in [0.3, 0.4) is 0 Å². The van der Waals surface area contributed by atoms with E-state index in [-0.39, 0.29) is 5.75 Å². The van der Waals surface area contributed by atoms with Gasteiger partial charge in [0.05, 0.1) is 7.11 Å². The highest BCUT2D eigenvalue weighted by Crippen LogP contribution is 2.22. The van der Waals surface area contributed by atoms with E-state index in [4.69, 9.17) is 9.15 Å². The lowest BCUT2D eigenvalue weighted by atomic mass is 10.1. The third kappa shape index (κ3) is 2.38. The number of benzene rings is 2. The summed E-state index contributed by atoms with van der Waals surface area (Å²) in [6.45, 7) is 0. The lowest BCUT2D eigenvalue weighted by Crippen LogP contribution is -1.88. The molecule has 19 heavy (non-hydrogen) atoms. The van der Waals surface area contributed by atoms with Crippen LogP contribution in [0, 0.1) is 0 Å². The van der Waals surface area contributed by atoms with Gasteiger partial charge in [0.2, 0.25) is 0 Å². The molecular weight excluding hydrogens is 242 g/mol. The summed E-state index contributed by atoms with van der Waals surface area (Å²) >= 11 is 0. The maximum Gasteiger partial charge on any atom is 0.199 e. The van der Waals surface area contributed by atoms with E-state index in [0.717, 1.165) is 11.3 Å². The Balaban J connectivity index is 1.87. The van der Waals surface area contributed by atoms with Crippen LogP contribution in [-0.4, -0.2) is 17.2 Å². The van der Waals surface area contributed by atoms with Crippen molar-refractivity contribution in [2.24, 2.45) is 0 Å². The Morgan fingerprint density at radius 1 is 1.16 bits per heavy atom. The first-order valence-electron chi connectivity index (χ1n) is 5.96. The summed E-state index contributed by atoms with van der Waals surface area (Å²) in [6.07, 6.45) is 0.611. The Morgan fingerprint density at radius 2 is 1.95 bits per heavy atom. The van der Waals surface area contributed by atoms with Gasteiger partial charge in [0.15, 0.2) is 11.5 Å². The van der Waals surface area contributed by atoms with E-state index in [1.54, 1.807) is 25.3 Å². The molecular formula is C15H13NO3. The third-order valence-corrected chi connectivity index (χ3v) is 2.93. The zero-order valence-electron chi connectivity index (χ0n) is 10.5. The number of methoxy groups -OCH3 is 1. The Bertz CT molecular complexity index is 701. The van der Waals surface area contributed by atoms with Crippen molar-refractivity contribution in [2.45, 2.75) is 6.42 Å². The molecule has 3 aromatic rings. The largest absolute Gasteiger partial charge is 0.508 e. The van der Waals surface area contributed by atoms with Crippen molar-refractivity contribution in [1.29, 1.82) is 0 Å². The van der Waals surface area contributed by atoms with Crippen LogP contribution in [0.5, 0.6) is 11.5 Å². The van der Waals surface area contributed by atoms with E-state index in [2.05, 4.69) is 4.98 Å². The SMILES string of the molecule is COc1ccc(Cc2nc3cc(O)ccc3o2)cc1. The fraction of sp³-hybridized carbons (Fsp3) is 0.133. The van der Waals surface area contributed by atoms with Crippen LogP contribution >= 0.6 is 0 Å². The standard InChI is InChI=1S/C15H13NO3/c1-18-12-5-2-10(3-6-12)8-15-16-13-9-11(17)4-7-14(13)19-15/h2-7,9,17H,8H2,1H3. The molecule has 3 rings (SSSR count). The highest BCUT2D eigenvalue weighted by molar-refractivity contribution is 5.74. The second kappa shape index (κ2) is 4.65. The third-order valence-electron chi connectivity index (χ3n) is 2.93. The van der Waals surface area contributed by atoms with Crippen molar-refractivity contribution >= 4 is 11.1 Å². The number of hydrogen-bond donors (Lipinski definition) is 1. The van der Waals surface area contributed by atoms with Crippen LogP contribution < -0.4 is 4.74 Å². The monoisotopic (exact) mass is 255 g/mol. The second-order valence-corrected chi connectivity index (χ2v) is 4.28. The topological polar surface area (TPSA) is 55.5 Å². The maximum absolute atomic E-state index is 9.39. The van der Waals surface area contributed by atoms with E-state index in [9.17, 15) is 5.11 Å². The fourth-order valence-corrected chi connectivity index (χ4v) is 1.96. The van der Waals surface area contributed by atoms with Gasteiger partial charge in [0.25, 0.3) is 0 Å². The molecule has 0 bridgehead atoms. The Morgan fingerprint density at radius 3 is 2.68 bits per heavy atom. The van der Waals surface area contributed by atoms with E-state index < -0.39 is 0 Å². The summed E-state index contributed by atoms with van der Waals surface area (Å²) in [7, 11) is 1.64. The predicted octanol–water partition coefficient (Wildman–Crippen LogP) is 3.13. The van der Waals surface area contributed by atoms with Crippen LogP contribution in [0.25, 0.3) is 11.1 Å². The van der Waals surface area contributed by atoms with Gasteiger partial charge in [-0.3, -0.25) is 0 Å². The van der Waals surface area contributed by atoms with Crippen molar-refractivity contribution in [3.8, 4) is 11.5 Å². The number of aromatic hydroxyl groups is 1. The molecule has 1 N–H and O–H groups in total. The van der Waals surface area contributed by atoms with Crippen LogP contribution in [0.15, 0.2) is 46.9 Å². The number of aromatic nitrogens is 1. The quantitative estimate of drug-likeness (QED) is 0.781. The number of nitrogens with zero attached hydrogens (tertiary/aromatic N) is 1. The van der Waals surface area contributed by atoms with Gasteiger partial charge in [-0.15, -0.1) is 0 Å². The van der Waals surface area contributed by atoms with Gasteiger partial charge in [-0.25, -0.2) is 4.98 Å². The Labute approximate surface area is 110 Å². The summed E-state index contributed by atoms with van der Waals surface area (Å²) in [4.78, 5) is 4.35. The lowest BCUT2D eigenvalue weighted by molar-refractivity contribution is 0.414. The molecule has 0 radical (unpaired) electrons. The lowest BCUT2D eigenvalue weighted by Gasteiger charge is -2.00. The van der Waals surface area contributed by atoms with Crippen LogP contribution in [0.2, 0.25) is 0 Å². The molecule has 96 valence electrons. The average Bonchev–Trinajstić information content (AvgIpc) is 2.81. The zero-order chi connectivity index (χ0) is 13.2. The number of phenolic OH excluding ortho intramolecular Hbond substituents is 1. The number of hydrogen-bond acceptors (Lipinski definition) is 4. The normalized spacial score (nSPS) is 10.8. The molecule has 0 saturated heterocycles. The highest BCUT2D eigenvalue weighted by Gasteiger charge is 2.07. The van der Waals surface area contributed by atoms with Crippen molar-refractivity contribution in [1.82, 2.24) is 4.98 Å². The molecule has 0 aliphatic carbocycles. The molecule has 0 unspecified atom stereocenters. The number of fused-ring (bicyclic) bond motifs is 1. The number of phenols is 1. The van der Waals surface area contributed by atoms with E-state index in [1.807, 2.05) is 24.3 Å². The minimum absolute atomic E-state index is 0.191. The summed E-state index contributed by atoms with van der Waals surface area (Å²) in [5.41, 5.74) is 2.45. The molecule has 0 spiro atoms. The van der Waals surface area contributed by atoms with Gasteiger partial charge in [-0.1, -0.05) is 12.1 Å². The van der Waals surface area contributed by atoms with Crippen LogP contribution in [0.1, 0.15) is 11.5 Å². The van der Waals surface area contributed by atoms with Gasteiger partial charge in [0, 0.05) is 12.5 Å². The summed E-state index contributed by atoms with van der Waals surface area (Å²) in [5.74, 6) is 1.65. The minimum Gasteiger partial charge on any atom is -0.508 e. The van der Waals surface area contributed by atoms with Crippen molar-refractivity contribution in [3.05, 3.63) is 53.9 Å². The molecule has 2 aromatic carbocycles. The van der Waals surface area contributed by atoms with Gasteiger partial charge in [-0.05, 0) is 29.8 Å². The highest BCUT2D eigenvalue weighted by atomic mass is 16.5. The second-order valence-electron chi connectivity index (χ2n) is 4.28. The van der Waals surface area contributed by atoms with E-state index >= 15 is 0 Å².